The maximum atomic E-state index is 5.61. The fraction of sp³-hybridized carbons (Fsp3) is 0.500. The van der Waals surface area contributed by atoms with Crippen molar-refractivity contribution in [2.24, 2.45) is 0 Å². The minimum absolute atomic E-state index is 0.274. The lowest BCUT2D eigenvalue weighted by molar-refractivity contribution is 0.395. The molecule has 0 aliphatic carbocycles. The first kappa shape index (κ1) is 10.9. The maximum Gasteiger partial charge on any atom is 0.243 e. The highest BCUT2D eigenvalue weighted by molar-refractivity contribution is 7.99. The van der Waals surface area contributed by atoms with Gasteiger partial charge in [-0.05, 0) is 6.42 Å². The Labute approximate surface area is 87.2 Å². The van der Waals surface area contributed by atoms with Gasteiger partial charge in [0.2, 0.25) is 5.88 Å². The summed E-state index contributed by atoms with van der Waals surface area (Å²) in [6, 6.07) is 0. The molecule has 0 atom stereocenters. The summed E-state index contributed by atoms with van der Waals surface area (Å²) in [6.07, 6.45) is 1.06. The number of anilines is 2. The molecule has 4 N–H and O–H groups in total. The minimum atomic E-state index is 0.274. The SMILES string of the molecule is CCCSc1nc(N)c(N)c(OC)n1. The number of methoxy groups -OCH3 is 1. The largest absolute Gasteiger partial charge is 0.479 e. The van der Waals surface area contributed by atoms with E-state index in [2.05, 4.69) is 16.9 Å². The molecule has 1 aromatic rings. The van der Waals surface area contributed by atoms with E-state index in [1.165, 1.54) is 18.9 Å². The molecule has 0 saturated carbocycles. The van der Waals surface area contributed by atoms with Gasteiger partial charge < -0.3 is 16.2 Å². The summed E-state index contributed by atoms with van der Waals surface area (Å²) >= 11 is 1.54. The zero-order chi connectivity index (χ0) is 10.6. The van der Waals surface area contributed by atoms with Crippen molar-refractivity contribution in [3.05, 3.63) is 0 Å². The molecule has 1 aromatic heterocycles. The lowest BCUT2D eigenvalue weighted by Crippen LogP contribution is -2.04. The lowest BCUT2D eigenvalue weighted by atomic mass is 10.5. The molecule has 78 valence electrons. The van der Waals surface area contributed by atoms with Crippen molar-refractivity contribution >= 4 is 23.3 Å². The first-order valence-corrected chi connectivity index (χ1v) is 5.27. The van der Waals surface area contributed by atoms with Crippen molar-refractivity contribution < 1.29 is 4.74 Å². The Morgan fingerprint density at radius 1 is 1.36 bits per heavy atom. The van der Waals surface area contributed by atoms with Gasteiger partial charge >= 0.3 is 0 Å². The monoisotopic (exact) mass is 214 g/mol. The summed E-state index contributed by atoms with van der Waals surface area (Å²) in [5, 5.41) is 0.607. The summed E-state index contributed by atoms with van der Waals surface area (Å²) in [5.41, 5.74) is 11.5. The van der Waals surface area contributed by atoms with E-state index in [1.807, 2.05) is 0 Å². The number of aromatic nitrogens is 2. The average molecular weight is 214 g/mol. The van der Waals surface area contributed by atoms with Gasteiger partial charge in [0.15, 0.2) is 11.0 Å². The van der Waals surface area contributed by atoms with Crippen LogP contribution in [-0.4, -0.2) is 22.8 Å². The Bertz CT molecular complexity index is 318. The second-order valence-corrected chi connectivity index (χ2v) is 3.72. The van der Waals surface area contributed by atoms with Gasteiger partial charge in [0.05, 0.1) is 7.11 Å². The van der Waals surface area contributed by atoms with Crippen LogP contribution in [0.15, 0.2) is 5.16 Å². The zero-order valence-electron chi connectivity index (χ0n) is 8.28. The number of nitrogen functional groups attached to an aromatic ring is 2. The molecule has 0 aliphatic rings. The fourth-order valence-corrected chi connectivity index (χ4v) is 1.56. The van der Waals surface area contributed by atoms with Crippen LogP contribution in [0.2, 0.25) is 0 Å². The molecule has 6 heteroatoms. The van der Waals surface area contributed by atoms with E-state index in [0.717, 1.165) is 12.2 Å². The van der Waals surface area contributed by atoms with Crippen molar-refractivity contribution in [1.29, 1.82) is 0 Å². The van der Waals surface area contributed by atoms with Crippen LogP contribution in [-0.2, 0) is 0 Å². The van der Waals surface area contributed by atoms with Crippen molar-refractivity contribution in [2.45, 2.75) is 18.5 Å². The third-order valence-corrected chi connectivity index (χ3v) is 2.60. The molecule has 0 fully saturated rings. The molecule has 0 radical (unpaired) electrons. The molecule has 0 aliphatic heterocycles. The minimum Gasteiger partial charge on any atom is -0.479 e. The molecule has 0 amide bonds. The van der Waals surface area contributed by atoms with E-state index >= 15 is 0 Å². The van der Waals surface area contributed by atoms with E-state index < -0.39 is 0 Å². The van der Waals surface area contributed by atoms with Gasteiger partial charge in [0, 0.05) is 5.75 Å². The summed E-state index contributed by atoms with van der Waals surface area (Å²) in [4.78, 5) is 8.16. The summed E-state index contributed by atoms with van der Waals surface area (Å²) in [6.45, 7) is 2.09. The van der Waals surface area contributed by atoms with Crippen molar-refractivity contribution in [2.75, 3.05) is 24.3 Å². The Morgan fingerprint density at radius 3 is 2.64 bits per heavy atom. The van der Waals surface area contributed by atoms with E-state index in [0.29, 0.717) is 16.7 Å². The lowest BCUT2D eigenvalue weighted by Gasteiger charge is -2.07. The molecular weight excluding hydrogens is 200 g/mol. The number of rotatable bonds is 4. The van der Waals surface area contributed by atoms with Crippen LogP contribution in [0.3, 0.4) is 0 Å². The van der Waals surface area contributed by atoms with Crippen LogP contribution in [0.1, 0.15) is 13.3 Å². The van der Waals surface area contributed by atoms with Crippen molar-refractivity contribution in [3.8, 4) is 5.88 Å². The number of ether oxygens (including phenoxy) is 1. The topological polar surface area (TPSA) is 87.0 Å². The van der Waals surface area contributed by atoms with Crippen molar-refractivity contribution in [1.82, 2.24) is 9.97 Å². The molecule has 0 saturated heterocycles. The molecule has 1 heterocycles. The number of nitrogens with zero attached hydrogens (tertiary/aromatic N) is 2. The van der Waals surface area contributed by atoms with Gasteiger partial charge in [-0.25, -0.2) is 4.98 Å². The highest BCUT2D eigenvalue weighted by Gasteiger charge is 2.09. The van der Waals surface area contributed by atoms with Gasteiger partial charge in [-0.3, -0.25) is 0 Å². The van der Waals surface area contributed by atoms with E-state index in [9.17, 15) is 0 Å². The predicted molar refractivity (Wildman–Crippen MR) is 58.4 cm³/mol. The van der Waals surface area contributed by atoms with Crippen LogP contribution in [0, 0.1) is 0 Å². The Kier molecular flexibility index (Phi) is 3.82. The van der Waals surface area contributed by atoms with Crippen LogP contribution in [0.5, 0.6) is 5.88 Å². The fourth-order valence-electron chi connectivity index (χ4n) is 0.858. The third-order valence-electron chi connectivity index (χ3n) is 1.55. The van der Waals surface area contributed by atoms with Crippen LogP contribution >= 0.6 is 11.8 Å². The highest BCUT2D eigenvalue weighted by Crippen LogP contribution is 2.26. The van der Waals surface area contributed by atoms with Gasteiger partial charge in [-0.2, -0.15) is 4.98 Å². The van der Waals surface area contributed by atoms with Gasteiger partial charge in [-0.1, -0.05) is 18.7 Å². The van der Waals surface area contributed by atoms with Crippen LogP contribution in [0.25, 0.3) is 0 Å². The van der Waals surface area contributed by atoms with E-state index in [4.69, 9.17) is 16.2 Å². The molecule has 1 rings (SSSR count). The third kappa shape index (κ3) is 2.41. The van der Waals surface area contributed by atoms with Gasteiger partial charge in [-0.15, -0.1) is 0 Å². The first-order valence-electron chi connectivity index (χ1n) is 4.28. The second kappa shape index (κ2) is 4.90. The quantitative estimate of drug-likeness (QED) is 0.577. The van der Waals surface area contributed by atoms with Crippen molar-refractivity contribution in [3.63, 3.8) is 0 Å². The Hall–Kier alpha value is -1.17. The number of hydrogen-bond donors (Lipinski definition) is 2. The van der Waals surface area contributed by atoms with Crippen LogP contribution in [0.4, 0.5) is 11.5 Å². The predicted octanol–water partition coefficient (Wildman–Crippen LogP) is 1.15. The first-order chi connectivity index (χ1) is 6.69. The van der Waals surface area contributed by atoms with E-state index in [-0.39, 0.29) is 5.82 Å². The second-order valence-electron chi connectivity index (χ2n) is 2.66. The molecule has 14 heavy (non-hydrogen) atoms. The normalized spacial score (nSPS) is 10.1. The molecule has 5 nitrogen and oxygen atoms in total. The molecule has 0 unspecified atom stereocenters. The van der Waals surface area contributed by atoms with Gasteiger partial charge in [0.25, 0.3) is 0 Å². The summed E-state index contributed by atoms with van der Waals surface area (Å²) in [7, 11) is 1.51. The standard InChI is InChI=1S/C8H14N4OS/c1-3-4-14-8-11-6(10)5(9)7(12-8)13-2/h3-4,9H2,1-2H3,(H2,10,11,12). The molecule has 0 bridgehead atoms. The van der Waals surface area contributed by atoms with Gasteiger partial charge in [0.1, 0.15) is 5.69 Å². The smallest absolute Gasteiger partial charge is 0.243 e. The highest BCUT2D eigenvalue weighted by atomic mass is 32.2. The Morgan fingerprint density at radius 2 is 2.07 bits per heavy atom. The zero-order valence-corrected chi connectivity index (χ0v) is 9.10. The maximum absolute atomic E-state index is 5.61. The number of thioether (sulfide) groups is 1. The number of nitrogens with two attached hydrogens (primary N) is 2. The summed E-state index contributed by atoms with van der Waals surface area (Å²) in [5.74, 6) is 1.57. The summed E-state index contributed by atoms with van der Waals surface area (Å²) < 4.78 is 4.98. The Balaban J connectivity index is 2.91. The average Bonchev–Trinajstić information content (AvgIpc) is 2.19. The molecular formula is C8H14N4OS. The molecule has 0 aromatic carbocycles. The molecule has 0 spiro atoms. The number of hydrogen-bond acceptors (Lipinski definition) is 6. The van der Waals surface area contributed by atoms with Crippen LogP contribution < -0.4 is 16.2 Å². The van der Waals surface area contributed by atoms with E-state index in [1.54, 1.807) is 0 Å².